The predicted octanol–water partition coefficient (Wildman–Crippen LogP) is 2.08. The third-order valence-electron chi connectivity index (χ3n) is 5.22. The van der Waals surface area contributed by atoms with E-state index in [1.54, 1.807) is 0 Å². The number of aryl methyl sites for hydroxylation is 1. The van der Waals surface area contributed by atoms with Gasteiger partial charge in [-0.1, -0.05) is 19.4 Å². The summed E-state index contributed by atoms with van der Waals surface area (Å²) in [7, 11) is 0. The number of anilines is 1. The molecule has 0 unspecified atom stereocenters. The molecule has 3 heterocycles. The van der Waals surface area contributed by atoms with Crippen LogP contribution in [0.2, 0.25) is 0 Å². The predicted molar refractivity (Wildman–Crippen MR) is 104 cm³/mol. The van der Waals surface area contributed by atoms with Gasteiger partial charge in [-0.2, -0.15) is 0 Å². The zero-order chi connectivity index (χ0) is 18.8. The third-order valence-corrected chi connectivity index (χ3v) is 5.22. The van der Waals surface area contributed by atoms with E-state index in [0.717, 1.165) is 68.3 Å². The van der Waals surface area contributed by atoms with Gasteiger partial charge in [0.1, 0.15) is 0 Å². The van der Waals surface area contributed by atoms with Crippen LogP contribution in [0.1, 0.15) is 30.2 Å². The average Bonchev–Trinajstić information content (AvgIpc) is 3.13. The van der Waals surface area contributed by atoms with Crippen LogP contribution in [-0.2, 0) is 13.0 Å². The first-order valence-corrected chi connectivity index (χ1v) is 9.59. The number of nitrogens with one attached hydrogen (secondary N) is 1. The van der Waals surface area contributed by atoms with Crippen LogP contribution in [0.3, 0.4) is 0 Å². The molecular weight excluding hydrogens is 344 g/mol. The van der Waals surface area contributed by atoms with Gasteiger partial charge in [0.15, 0.2) is 11.5 Å². The number of aromatic nitrogens is 2. The lowest BCUT2D eigenvalue weighted by atomic mass is 10.1. The number of rotatable bonds is 5. The Bertz CT molecular complexity index is 872. The minimum absolute atomic E-state index is 0.00198. The summed E-state index contributed by atoms with van der Waals surface area (Å²) in [5.74, 6) is 2.34. The Kier molecular flexibility index (Phi) is 5.03. The molecule has 0 bridgehead atoms. The SMILES string of the molecule is CCCc1c(C)nc(N2CCN(Cc3ccc4c(c3)OCO4)CC2)[nH]c1=O. The van der Waals surface area contributed by atoms with E-state index in [1.807, 2.05) is 13.0 Å². The van der Waals surface area contributed by atoms with Gasteiger partial charge < -0.3 is 14.4 Å². The van der Waals surface area contributed by atoms with Crippen molar-refractivity contribution in [1.29, 1.82) is 0 Å². The van der Waals surface area contributed by atoms with E-state index in [1.165, 1.54) is 5.56 Å². The molecule has 0 amide bonds. The normalized spacial score (nSPS) is 16.7. The van der Waals surface area contributed by atoms with Crippen LogP contribution in [0.5, 0.6) is 11.5 Å². The van der Waals surface area contributed by atoms with Gasteiger partial charge >= 0.3 is 0 Å². The van der Waals surface area contributed by atoms with Crippen molar-refractivity contribution in [3.8, 4) is 11.5 Å². The summed E-state index contributed by atoms with van der Waals surface area (Å²) in [6.45, 7) is 8.73. The number of benzene rings is 1. The van der Waals surface area contributed by atoms with Gasteiger partial charge in [0.05, 0.1) is 0 Å². The average molecular weight is 370 g/mol. The van der Waals surface area contributed by atoms with Crippen molar-refractivity contribution in [2.24, 2.45) is 0 Å². The minimum atomic E-state index is 0.00198. The minimum Gasteiger partial charge on any atom is -0.454 e. The van der Waals surface area contributed by atoms with Crippen LogP contribution in [0.15, 0.2) is 23.0 Å². The molecule has 0 spiro atoms. The first kappa shape index (κ1) is 17.9. The second kappa shape index (κ2) is 7.60. The molecule has 1 N–H and O–H groups in total. The molecule has 7 heteroatoms. The Morgan fingerprint density at radius 2 is 1.93 bits per heavy atom. The standard InChI is InChI=1S/C20H26N4O3/c1-3-4-16-14(2)21-20(22-19(16)25)24-9-7-23(8-10-24)12-15-5-6-17-18(11-15)27-13-26-17/h5-6,11H,3-4,7-10,12-13H2,1-2H3,(H,21,22,25). The quantitative estimate of drug-likeness (QED) is 0.869. The van der Waals surface area contributed by atoms with Crippen LogP contribution in [0.25, 0.3) is 0 Å². The Morgan fingerprint density at radius 1 is 1.15 bits per heavy atom. The summed E-state index contributed by atoms with van der Waals surface area (Å²) < 4.78 is 10.8. The van der Waals surface area contributed by atoms with Crippen molar-refractivity contribution in [3.05, 3.63) is 45.4 Å². The maximum Gasteiger partial charge on any atom is 0.255 e. The highest BCUT2D eigenvalue weighted by Crippen LogP contribution is 2.32. The highest BCUT2D eigenvalue weighted by atomic mass is 16.7. The van der Waals surface area contributed by atoms with Crippen LogP contribution < -0.4 is 19.9 Å². The molecular formula is C20H26N4O3. The topological polar surface area (TPSA) is 70.7 Å². The Labute approximate surface area is 158 Å². The third kappa shape index (κ3) is 3.78. The Hall–Kier alpha value is -2.54. The number of hydrogen-bond acceptors (Lipinski definition) is 6. The molecule has 4 rings (SSSR count). The van der Waals surface area contributed by atoms with Crippen LogP contribution in [0.4, 0.5) is 5.95 Å². The summed E-state index contributed by atoms with van der Waals surface area (Å²) in [5, 5.41) is 0. The van der Waals surface area contributed by atoms with Crippen molar-refractivity contribution >= 4 is 5.95 Å². The molecule has 1 fully saturated rings. The molecule has 0 atom stereocenters. The number of piperazine rings is 1. The van der Waals surface area contributed by atoms with E-state index in [-0.39, 0.29) is 5.56 Å². The summed E-state index contributed by atoms with van der Waals surface area (Å²) >= 11 is 0. The van der Waals surface area contributed by atoms with Crippen LogP contribution >= 0.6 is 0 Å². The number of fused-ring (bicyclic) bond motifs is 1. The summed E-state index contributed by atoms with van der Waals surface area (Å²) in [5.41, 5.74) is 2.88. The fourth-order valence-corrected chi connectivity index (χ4v) is 3.71. The van der Waals surface area contributed by atoms with Crippen molar-refractivity contribution in [2.45, 2.75) is 33.2 Å². The Morgan fingerprint density at radius 3 is 2.67 bits per heavy atom. The monoisotopic (exact) mass is 370 g/mol. The first-order chi connectivity index (χ1) is 13.1. The molecule has 1 saturated heterocycles. The van der Waals surface area contributed by atoms with E-state index >= 15 is 0 Å². The van der Waals surface area contributed by atoms with Crippen molar-refractivity contribution < 1.29 is 9.47 Å². The largest absolute Gasteiger partial charge is 0.454 e. The van der Waals surface area contributed by atoms with Gasteiger partial charge in [-0.05, 0) is 31.0 Å². The molecule has 7 nitrogen and oxygen atoms in total. The zero-order valence-corrected chi connectivity index (χ0v) is 16.0. The van der Waals surface area contributed by atoms with Gasteiger partial charge in [0.2, 0.25) is 12.7 Å². The second-order valence-electron chi connectivity index (χ2n) is 7.15. The van der Waals surface area contributed by atoms with Gasteiger partial charge in [-0.15, -0.1) is 0 Å². The Balaban J connectivity index is 1.38. The fourth-order valence-electron chi connectivity index (χ4n) is 3.71. The molecule has 0 saturated carbocycles. The molecule has 1 aromatic heterocycles. The highest BCUT2D eigenvalue weighted by molar-refractivity contribution is 5.44. The van der Waals surface area contributed by atoms with Gasteiger partial charge in [-0.25, -0.2) is 4.98 Å². The molecule has 2 aliphatic heterocycles. The summed E-state index contributed by atoms with van der Waals surface area (Å²) in [6, 6.07) is 6.13. The molecule has 27 heavy (non-hydrogen) atoms. The smallest absolute Gasteiger partial charge is 0.255 e. The lowest BCUT2D eigenvalue weighted by Crippen LogP contribution is -2.47. The molecule has 0 radical (unpaired) electrons. The lowest BCUT2D eigenvalue weighted by Gasteiger charge is -2.35. The summed E-state index contributed by atoms with van der Waals surface area (Å²) in [6.07, 6.45) is 1.72. The first-order valence-electron chi connectivity index (χ1n) is 9.59. The van der Waals surface area contributed by atoms with E-state index in [9.17, 15) is 4.79 Å². The van der Waals surface area contributed by atoms with E-state index in [0.29, 0.717) is 12.7 Å². The number of H-pyrrole nitrogens is 1. The molecule has 0 aliphatic carbocycles. The van der Waals surface area contributed by atoms with Crippen LogP contribution in [-0.4, -0.2) is 47.8 Å². The molecule has 1 aromatic carbocycles. The zero-order valence-electron chi connectivity index (χ0n) is 16.0. The molecule has 144 valence electrons. The van der Waals surface area contributed by atoms with Gasteiger partial charge in [-0.3, -0.25) is 14.7 Å². The van der Waals surface area contributed by atoms with Crippen molar-refractivity contribution in [1.82, 2.24) is 14.9 Å². The second-order valence-corrected chi connectivity index (χ2v) is 7.15. The maximum absolute atomic E-state index is 12.3. The fraction of sp³-hybridized carbons (Fsp3) is 0.500. The number of hydrogen-bond donors (Lipinski definition) is 1. The number of ether oxygens (including phenoxy) is 2. The van der Waals surface area contributed by atoms with Crippen LogP contribution in [0, 0.1) is 6.92 Å². The van der Waals surface area contributed by atoms with Gasteiger partial charge in [0, 0.05) is 44.0 Å². The highest BCUT2D eigenvalue weighted by Gasteiger charge is 2.21. The molecule has 2 aliphatic rings. The number of nitrogens with zero attached hydrogens (tertiary/aromatic N) is 3. The van der Waals surface area contributed by atoms with Gasteiger partial charge in [0.25, 0.3) is 5.56 Å². The maximum atomic E-state index is 12.3. The van der Waals surface area contributed by atoms with E-state index < -0.39 is 0 Å². The van der Waals surface area contributed by atoms with Crippen molar-refractivity contribution in [2.75, 3.05) is 37.9 Å². The van der Waals surface area contributed by atoms with E-state index in [2.05, 4.69) is 38.8 Å². The lowest BCUT2D eigenvalue weighted by molar-refractivity contribution is 0.174. The molecule has 2 aromatic rings. The summed E-state index contributed by atoms with van der Waals surface area (Å²) in [4.78, 5) is 24.5. The number of aromatic amines is 1. The van der Waals surface area contributed by atoms with E-state index in [4.69, 9.17) is 9.47 Å². The van der Waals surface area contributed by atoms with Crippen molar-refractivity contribution in [3.63, 3.8) is 0 Å².